The Bertz CT molecular complexity index is 625. The highest BCUT2D eigenvalue weighted by atomic mass is 35.5. The number of nitrogens with zero attached hydrogens (tertiary/aromatic N) is 1. The molecule has 2 rings (SSSR count). The maximum atomic E-state index is 11.3. The molecule has 0 saturated heterocycles. The molecule has 0 amide bonds. The molecule has 0 spiro atoms. The van der Waals surface area contributed by atoms with Crippen molar-refractivity contribution in [2.45, 2.75) is 6.92 Å². The summed E-state index contributed by atoms with van der Waals surface area (Å²) in [5, 5.41) is 3.05. The number of ether oxygens (including phenoxy) is 1. The van der Waals surface area contributed by atoms with Gasteiger partial charge in [0, 0.05) is 5.69 Å². The predicted octanol–water partition coefficient (Wildman–Crippen LogP) is 2.48. The Morgan fingerprint density at radius 2 is 2.22 bits per heavy atom. The highest BCUT2D eigenvalue weighted by Crippen LogP contribution is 2.25. The number of anilines is 2. The molecule has 0 aliphatic rings. The molecular formula is C12H12ClN3O2. The molecule has 18 heavy (non-hydrogen) atoms. The van der Waals surface area contributed by atoms with Crippen molar-refractivity contribution in [3.05, 3.63) is 45.5 Å². The molecule has 5 nitrogen and oxygen atoms in total. The second-order valence-corrected chi connectivity index (χ2v) is 4.08. The molecule has 0 aliphatic heterocycles. The number of halogens is 1. The lowest BCUT2D eigenvalue weighted by Gasteiger charge is -2.10. The van der Waals surface area contributed by atoms with Crippen molar-refractivity contribution in [1.82, 2.24) is 9.97 Å². The van der Waals surface area contributed by atoms with Crippen molar-refractivity contribution in [1.29, 1.82) is 0 Å². The maximum absolute atomic E-state index is 11.3. The number of H-pyrrole nitrogens is 1. The van der Waals surface area contributed by atoms with E-state index in [-0.39, 0.29) is 10.6 Å². The number of methoxy groups -OCH3 is 1. The van der Waals surface area contributed by atoms with Gasteiger partial charge in [0.05, 0.1) is 13.4 Å². The number of aromatic nitrogens is 2. The first-order valence-corrected chi connectivity index (χ1v) is 5.64. The van der Waals surface area contributed by atoms with Crippen molar-refractivity contribution < 1.29 is 4.74 Å². The fraction of sp³-hybridized carbons (Fsp3) is 0.167. The smallest absolute Gasteiger partial charge is 0.271 e. The Labute approximate surface area is 109 Å². The number of rotatable bonds is 3. The number of benzene rings is 1. The van der Waals surface area contributed by atoms with Gasteiger partial charge in [-0.1, -0.05) is 11.6 Å². The van der Waals surface area contributed by atoms with Gasteiger partial charge in [0.2, 0.25) is 0 Å². The van der Waals surface area contributed by atoms with Gasteiger partial charge in [-0.3, -0.25) is 4.79 Å². The topological polar surface area (TPSA) is 67.0 Å². The van der Waals surface area contributed by atoms with Crippen molar-refractivity contribution in [2.24, 2.45) is 0 Å². The fourth-order valence-electron chi connectivity index (χ4n) is 1.50. The zero-order valence-electron chi connectivity index (χ0n) is 9.95. The van der Waals surface area contributed by atoms with Crippen molar-refractivity contribution in [3.63, 3.8) is 0 Å². The molecule has 0 fully saturated rings. The average molecular weight is 266 g/mol. The lowest BCUT2D eigenvalue weighted by molar-refractivity contribution is 0.414. The van der Waals surface area contributed by atoms with Crippen LogP contribution in [0.5, 0.6) is 5.75 Å². The molecule has 94 valence electrons. The van der Waals surface area contributed by atoms with Gasteiger partial charge in [-0.05, 0) is 30.7 Å². The van der Waals surface area contributed by atoms with E-state index in [0.717, 1.165) is 17.0 Å². The Hall–Kier alpha value is -2.01. The molecular weight excluding hydrogens is 254 g/mol. The van der Waals surface area contributed by atoms with E-state index < -0.39 is 0 Å². The minimum atomic E-state index is -0.375. The predicted molar refractivity (Wildman–Crippen MR) is 70.9 cm³/mol. The Kier molecular flexibility index (Phi) is 3.53. The van der Waals surface area contributed by atoms with E-state index in [1.807, 2.05) is 25.1 Å². The Morgan fingerprint density at radius 1 is 1.44 bits per heavy atom. The van der Waals surface area contributed by atoms with Crippen LogP contribution in [0, 0.1) is 6.92 Å². The minimum absolute atomic E-state index is 0.0349. The lowest BCUT2D eigenvalue weighted by Crippen LogP contribution is -2.10. The van der Waals surface area contributed by atoms with Crippen LogP contribution in [-0.2, 0) is 0 Å². The van der Waals surface area contributed by atoms with Crippen LogP contribution in [0.15, 0.2) is 29.3 Å². The normalized spacial score (nSPS) is 10.2. The van der Waals surface area contributed by atoms with Gasteiger partial charge >= 0.3 is 0 Å². The Morgan fingerprint density at radius 3 is 2.89 bits per heavy atom. The van der Waals surface area contributed by atoms with Crippen LogP contribution in [0.3, 0.4) is 0 Å². The summed E-state index contributed by atoms with van der Waals surface area (Å²) in [6.07, 6.45) is 1.30. The summed E-state index contributed by atoms with van der Waals surface area (Å²) in [6, 6.07) is 5.53. The molecule has 2 aromatic rings. The third-order valence-electron chi connectivity index (χ3n) is 2.48. The third-order valence-corrected chi connectivity index (χ3v) is 2.83. The molecule has 1 aromatic heterocycles. The van der Waals surface area contributed by atoms with Gasteiger partial charge in [0.1, 0.15) is 10.8 Å². The summed E-state index contributed by atoms with van der Waals surface area (Å²) in [5.41, 5.74) is 1.41. The molecule has 0 unspecified atom stereocenters. The molecule has 1 heterocycles. The van der Waals surface area contributed by atoms with Crippen LogP contribution in [0.4, 0.5) is 11.5 Å². The minimum Gasteiger partial charge on any atom is -0.497 e. The van der Waals surface area contributed by atoms with Crippen LogP contribution in [0.25, 0.3) is 0 Å². The number of hydrogen-bond donors (Lipinski definition) is 2. The first-order valence-electron chi connectivity index (χ1n) is 5.26. The van der Waals surface area contributed by atoms with E-state index in [0.29, 0.717) is 5.82 Å². The standard InChI is InChI=1S/C12H12ClN3O2/c1-7-5-8(18-2)3-4-9(7)16-11-10(13)12(17)15-6-14-11/h3-6H,1-2H3,(H2,14,15,16,17). The molecule has 0 saturated carbocycles. The molecule has 2 N–H and O–H groups in total. The van der Waals surface area contributed by atoms with Gasteiger partial charge in [-0.25, -0.2) is 4.98 Å². The average Bonchev–Trinajstić information content (AvgIpc) is 2.37. The van der Waals surface area contributed by atoms with Gasteiger partial charge in [0.15, 0.2) is 5.82 Å². The zero-order chi connectivity index (χ0) is 13.1. The summed E-state index contributed by atoms with van der Waals surface area (Å²) in [7, 11) is 1.61. The molecule has 0 aliphatic carbocycles. The molecule has 1 aromatic carbocycles. The van der Waals surface area contributed by atoms with Gasteiger partial charge < -0.3 is 15.0 Å². The van der Waals surface area contributed by atoms with Crippen molar-refractivity contribution in [2.75, 3.05) is 12.4 Å². The van der Waals surface area contributed by atoms with Crippen LogP contribution >= 0.6 is 11.6 Å². The quantitative estimate of drug-likeness (QED) is 0.895. The Balaban J connectivity index is 2.34. The summed E-state index contributed by atoms with van der Waals surface area (Å²) in [5.74, 6) is 1.09. The largest absolute Gasteiger partial charge is 0.497 e. The van der Waals surface area contributed by atoms with Crippen LogP contribution < -0.4 is 15.6 Å². The summed E-state index contributed by atoms with van der Waals surface area (Å²) >= 11 is 5.86. The molecule has 0 radical (unpaired) electrons. The monoisotopic (exact) mass is 265 g/mol. The van der Waals surface area contributed by atoms with E-state index in [4.69, 9.17) is 16.3 Å². The van der Waals surface area contributed by atoms with Crippen LogP contribution in [0.1, 0.15) is 5.56 Å². The second-order valence-electron chi connectivity index (χ2n) is 3.70. The molecule has 0 bridgehead atoms. The lowest BCUT2D eigenvalue weighted by atomic mass is 10.2. The molecule has 6 heteroatoms. The zero-order valence-corrected chi connectivity index (χ0v) is 10.7. The highest BCUT2D eigenvalue weighted by Gasteiger charge is 2.07. The summed E-state index contributed by atoms with van der Waals surface area (Å²) < 4.78 is 5.12. The number of aromatic amines is 1. The van der Waals surface area contributed by atoms with E-state index in [1.165, 1.54) is 6.33 Å². The second kappa shape index (κ2) is 5.10. The number of nitrogens with one attached hydrogen (secondary N) is 2. The maximum Gasteiger partial charge on any atom is 0.271 e. The third kappa shape index (κ3) is 2.46. The number of hydrogen-bond acceptors (Lipinski definition) is 4. The fourth-order valence-corrected chi connectivity index (χ4v) is 1.65. The SMILES string of the molecule is COc1ccc(Nc2nc[nH]c(=O)c2Cl)c(C)c1. The first kappa shape index (κ1) is 12.4. The highest BCUT2D eigenvalue weighted by molar-refractivity contribution is 6.32. The first-order chi connectivity index (χ1) is 8.61. The molecule has 0 atom stereocenters. The van der Waals surface area contributed by atoms with Gasteiger partial charge in [-0.15, -0.1) is 0 Å². The summed E-state index contributed by atoms with van der Waals surface area (Å²) in [4.78, 5) is 17.7. The van der Waals surface area contributed by atoms with E-state index in [2.05, 4.69) is 15.3 Å². The van der Waals surface area contributed by atoms with E-state index >= 15 is 0 Å². The van der Waals surface area contributed by atoms with Crippen molar-refractivity contribution >= 4 is 23.1 Å². The van der Waals surface area contributed by atoms with Gasteiger partial charge in [-0.2, -0.15) is 0 Å². The van der Waals surface area contributed by atoms with E-state index in [1.54, 1.807) is 7.11 Å². The van der Waals surface area contributed by atoms with Crippen LogP contribution in [0.2, 0.25) is 5.02 Å². The van der Waals surface area contributed by atoms with E-state index in [9.17, 15) is 4.79 Å². The van der Waals surface area contributed by atoms with Gasteiger partial charge in [0.25, 0.3) is 5.56 Å². The number of aryl methyl sites for hydroxylation is 1. The van der Waals surface area contributed by atoms with Crippen molar-refractivity contribution in [3.8, 4) is 5.75 Å². The van der Waals surface area contributed by atoms with Crippen LogP contribution in [-0.4, -0.2) is 17.1 Å². The summed E-state index contributed by atoms with van der Waals surface area (Å²) in [6.45, 7) is 1.92.